The molecule has 0 atom stereocenters. The van der Waals surface area contributed by atoms with Crippen LogP contribution in [0.15, 0.2) is 47.6 Å². The van der Waals surface area contributed by atoms with E-state index in [4.69, 9.17) is 0 Å². The van der Waals surface area contributed by atoms with E-state index < -0.39 is 10.0 Å². The van der Waals surface area contributed by atoms with E-state index in [0.29, 0.717) is 5.69 Å². The highest BCUT2D eigenvalue weighted by Crippen LogP contribution is 2.13. The normalized spacial score (nSPS) is 11.1. The standard InChI is InChI=1S/C11H11N3O2S/c1-9-7-11(13-8-12-9)14-17(15,16)10-5-3-2-4-6-10/h2-8H,1H3,(H,12,13,14). The molecule has 6 heteroatoms. The Labute approximate surface area is 99.6 Å². The Kier molecular flexibility index (Phi) is 3.06. The number of sulfonamides is 1. The third-order valence-electron chi connectivity index (χ3n) is 2.10. The molecule has 88 valence electrons. The number of aromatic nitrogens is 2. The summed E-state index contributed by atoms with van der Waals surface area (Å²) in [5.41, 5.74) is 0.700. The summed E-state index contributed by atoms with van der Waals surface area (Å²) in [4.78, 5) is 7.95. The second kappa shape index (κ2) is 4.50. The Hall–Kier alpha value is -1.95. The molecule has 0 radical (unpaired) electrons. The van der Waals surface area contributed by atoms with Gasteiger partial charge in [-0.3, -0.25) is 4.72 Å². The smallest absolute Gasteiger partial charge is 0.263 e. The van der Waals surface area contributed by atoms with Crippen LogP contribution in [0.4, 0.5) is 5.82 Å². The number of aryl methyl sites for hydroxylation is 1. The van der Waals surface area contributed by atoms with Crippen LogP contribution in [0.3, 0.4) is 0 Å². The van der Waals surface area contributed by atoms with Crippen LogP contribution in [0.1, 0.15) is 5.69 Å². The van der Waals surface area contributed by atoms with Gasteiger partial charge in [0.1, 0.15) is 12.1 Å². The minimum atomic E-state index is -3.57. The van der Waals surface area contributed by atoms with Gasteiger partial charge in [0.25, 0.3) is 10.0 Å². The molecule has 0 saturated heterocycles. The van der Waals surface area contributed by atoms with Crippen molar-refractivity contribution in [2.45, 2.75) is 11.8 Å². The van der Waals surface area contributed by atoms with E-state index in [1.165, 1.54) is 18.5 Å². The minimum Gasteiger partial charge on any atom is -0.263 e. The molecule has 0 spiro atoms. The third kappa shape index (κ3) is 2.79. The molecule has 1 heterocycles. The number of hydrogen-bond acceptors (Lipinski definition) is 4. The average molecular weight is 249 g/mol. The van der Waals surface area contributed by atoms with Crippen LogP contribution in [0.5, 0.6) is 0 Å². The van der Waals surface area contributed by atoms with Crippen molar-refractivity contribution in [2.75, 3.05) is 4.72 Å². The topological polar surface area (TPSA) is 72.0 Å². The van der Waals surface area contributed by atoms with Crippen LogP contribution in [0.2, 0.25) is 0 Å². The van der Waals surface area contributed by atoms with E-state index in [-0.39, 0.29) is 10.7 Å². The van der Waals surface area contributed by atoms with E-state index in [2.05, 4.69) is 14.7 Å². The molecule has 0 bridgehead atoms. The molecule has 0 unspecified atom stereocenters. The van der Waals surface area contributed by atoms with Crippen molar-refractivity contribution in [1.82, 2.24) is 9.97 Å². The molecule has 1 N–H and O–H groups in total. The first-order valence-electron chi connectivity index (χ1n) is 4.94. The maximum atomic E-state index is 11.9. The van der Waals surface area contributed by atoms with Gasteiger partial charge < -0.3 is 0 Å². The lowest BCUT2D eigenvalue weighted by atomic mass is 10.4. The largest absolute Gasteiger partial charge is 0.263 e. The Bertz CT molecular complexity index is 612. The maximum Gasteiger partial charge on any atom is 0.263 e. The lowest BCUT2D eigenvalue weighted by Gasteiger charge is -2.06. The van der Waals surface area contributed by atoms with Gasteiger partial charge in [0.15, 0.2) is 0 Å². The van der Waals surface area contributed by atoms with Crippen LogP contribution in [0.25, 0.3) is 0 Å². The Morgan fingerprint density at radius 1 is 1.12 bits per heavy atom. The summed E-state index contributed by atoms with van der Waals surface area (Å²) in [6.45, 7) is 1.77. The predicted molar refractivity (Wildman–Crippen MR) is 64.0 cm³/mol. The van der Waals surface area contributed by atoms with Gasteiger partial charge in [-0.05, 0) is 19.1 Å². The number of nitrogens with zero attached hydrogens (tertiary/aromatic N) is 2. The van der Waals surface area contributed by atoms with Gasteiger partial charge in [0.2, 0.25) is 0 Å². The predicted octanol–water partition coefficient (Wildman–Crippen LogP) is 1.59. The average Bonchev–Trinajstić information content (AvgIpc) is 2.29. The van der Waals surface area contributed by atoms with Crippen molar-refractivity contribution in [1.29, 1.82) is 0 Å². The molecule has 1 aromatic carbocycles. The van der Waals surface area contributed by atoms with Gasteiger partial charge in [0.05, 0.1) is 4.90 Å². The van der Waals surface area contributed by atoms with Crippen molar-refractivity contribution >= 4 is 15.8 Å². The van der Waals surface area contributed by atoms with Crippen molar-refractivity contribution in [3.63, 3.8) is 0 Å². The molecule has 0 aliphatic heterocycles. The fourth-order valence-electron chi connectivity index (χ4n) is 1.31. The van der Waals surface area contributed by atoms with Crippen LogP contribution in [-0.2, 0) is 10.0 Å². The second-order valence-electron chi connectivity index (χ2n) is 3.46. The highest BCUT2D eigenvalue weighted by atomic mass is 32.2. The molecule has 1 aromatic heterocycles. The Balaban J connectivity index is 2.30. The lowest BCUT2D eigenvalue weighted by Crippen LogP contribution is -2.14. The highest BCUT2D eigenvalue weighted by molar-refractivity contribution is 7.92. The number of anilines is 1. The molecule has 0 aliphatic carbocycles. The van der Waals surface area contributed by atoms with Gasteiger partial charge in [-0.2, -0.15) is 0 Å². The first kappa shape index (κ1) is 11.5. The van der Waals surface area contributed by atoms with Gasteiger partial charge in [-0.25, -0.2) is 18.4 Å². The second-order valence-corrected chi connectivity index (χ2v) is 5.15. The molecule has 17 heavy (non-hydrogen) atoms. The van der Waals surface area contributed by atoms with Crippen molar-refractivity contribution < 1.29 is 8.42 Å². The summed E-state index contributed by atoms with van der Waals surface area (Å²) in [5.74, 6) is 0.265. The quantitative estimate of drug-likeness (QED) is 0.896. The minimum absolute atomic E-state index is 0.205. The van der Waals surface area contributed by atoms with Crippen LogP contribution < -0.4 is 4.72 Å². The fourth-order valence-corrected chi connectivity index (χ4v) is 2.33. The molecule has 2 rings (SSSR count). The SMILES string of the molecule is Cc1cc(NS(=O)(=O)c2ccccc2)ncn1. The van der Waals surface area contributed by atoms with Crippen LogP contribution in [0, 0.1) is 6.92 Å². The molecular weight excluding hydrogens is 238 g/mol. The monoisotopic (exact) mass is 249 g/mol. The molecular formula is C11H11N3O2S. The number of rotatable bonds is 3. The Morgan fingerprint density at radius 3 is 2.47 bits per heavy atom. The molecule has 0 aliphatic rings. The molecule has 5 nitrogen and oxygen atoms in total. The first-order chi connectivity index (χ1) is 8.08. The summed E-state index contributed by atoms with van der Waals surface area (Å²) in [5, 5.41) is 0. The molecule has 0 saturated carbocycles. The van der Waals surface area contributed by atoms with Gasteiger partial charge in [-0.1, -0.05) is 18.2 Å². The fraction of sp³-hybridized carbons (Fsp3) is 0.0909. The van der Waals surface area contributed by atoms with Gasteiger partial charge in [-0.15, -0.1) is 0 Å². The maximum absolute atomic E-state index is 11.9. The number of nitrogens with one attached hydrogen (secondary N) is 1. The van der Waals surface area contributed by atoms with E-state index >= 15 is 0 Å². The molecule has 0 amide bonds. The van der Waals surface area contributed by atoms with Crippen LogP contribution >= 0.6 is 0 Å². The lowest BCUT2D eigenvalue weighted by molar-refractivity contribution is 0.601. The van der Waals surface area contributed by atoms with Crippen molar-refractivity contribution in [2.24, 2.45) is 0 Å². The summed E-state index contributed by atoms with van der Waals surface area (Å²) >= 11 is 0. The molecule has 0 fully saturated rings. The zero-order chi connectivity index (χ0) is 12.3. The zero-order valence-electron chi connectivity index (χ0n) is 9.16. The summed E-state index contributed by atoms with van der Waals surface area (Å²) in [6, 6.07) is 9.71. The third-order valence-corrected chi connectivity index (χ3v) is 3.47. The van der Waals surface area contributed by atoms with Crippen LogP contribution in [-0.4, -0.2) is 18.4 Å². The number of hydrogen-bond donors (Lipinski definition) is 1. The highest BCUT2D eigenvalue weighted by Gasteiger charge is 2.13. The van der Waals surface area contributed by atoms with Gasteiger partial charge >= 0.3 is 0 Å². The van der Waals surface area contributed by atoms with Gasteiger partial charge in [0, 0.05) is 11.8 Å². The van der Waals surface area contributed by atoms with Crippen molar-refractivity contribution in [3.05, 3.63) is 48.4 Å². The molecule has 2 aromatic rings. The van der Waals surface area contributed by atoms with E-state index in [0.717, 1.165) is 0 Å². The summed E-state index contributed by atoms with van der Waals surface area (Å²) in [7, 11) is -3.57. The van der Waals surface area contributed by atoms with Crippen molar-refractivity contribution in [3.8, 4) is 0 Å². The summed E-state index contributed by atoms with van der Waals surface area (Å²) in [6.07, 6.45) is 1.32. The number of benzene rings is 1. The zero-order valence-corrected chi connectivity index (χ0v) is 9.98. The van der Waals surface area contributed by atoms with E-state index in [1.54, 1.807) is 31.2 Å². The van der Waals surface area contributed by atoms with E-state index in [1.807, 2.05) is 0 Å². The Morgan fingerprint density at radius 2 is 1.82 bits per heavy atom. The summed E-state index contributed by atoms with van der Waals surface area (Å²) < 4.78 is 26.3. The first-order valence-corrected chi connectivity index (χ1v) is 6.43. The van der Waals surface area contributed by atoms with E-state index in [9.17, 15) is 8.42 Å².